The molecule has 8 nitrogen and oxygen atoms in total. The molecular formula is C26H23N5O3. The molecule has 0 aliphatic carbocycles. The maximum Gasteiger partial charge on any atom is 0.244 e. The first-order chi connectivity index (χ1) is 16.7. The molecule has 0 aliphatic heterocycles. The minimum absolute atomic E-state index is 0.135. The first-order valence-corrected chi connectivity index (χ1v) is 10.6. The highest BCUT2D eigenvalue weighted by molar-refractivity contribution is 5.98. The van der Waals surface area contributed by atoms with Crippen LogP contribution in [-0.2, 0) is 16.2 Å². The molecule has 2 N–H and O–H groups in total. The van der Waals surface area contributed by atoms with E-state index in [-0.39, 0.29) is 18.4 Å². The highest BCUT2D eigenvalue weighted by atomic mass is 16.5. The number of nitrogens with zero attached hydrogens (tertiary/aromatic N) is 3. The Balaban J connectivity index is 1.19. The van der Waals surface area contributed by atoms with E-state index in [4.69, 9.17) is 4.74 Å². The van der Waals surface area contributed by atoms with Crippen molar-refractivity contribution in [1.29, 1.82) is 0 Å². The summed E-state index contributed by atoms with van der Waals surface area (Å²) in [5.41, 5.74) is 3.20. The minimum atomic E-state index is -0.361. The van der Waals surface area contributed by atoms with E-state index in [2.05, 4.69) is 20.7 Å². The Morgan fingerprint density at radius 2 is 1.76 bits per heavy atom. The molecular weight excluding hydrogens is 430 g/mol. The van der Waals surface area contributed by atoms with Crippen LogP contribution in [0.25, 0.3) is 11.8 Å². The molecule has 0 fully saturated rings. The SMILES string of the molecule is O=C(/C=C/c1ccc(OCc2ccccn2)cc1)NCC(=O)Nc1ccc(-n2cccn2)cc1. The number of benzene rings is 2. The van der Waals surface area contributed by atoms with E-state index in [1.54, 1.807) is 35.3 Å². The zero-order valence-electron chi connectivity index (χ0n) is 18.3. The second-order valence-corrected chi connectivity index (χ2v) is 7.28. The van der Waals surface area contributed by atoms with Crippen molar-refractivity contribution in [2.45, 2.75) is 6.61 Å². The molecule has 0 saturated carbocycles. The van der Waals surface area contributed by atoms with Gasteiger partial charge in [0, 0.05) is 30.4 Å². The third kappa shape index (κ3) is 6.64. The number of nitrogens with one attached hydrogen (secondary N) is 2. The topological polar surface area (TPSA) is 98.1 Å². The van der Waals surface area contributed by atoms with Crippen molar-refractivity contribution in [2.24, 2.45) is 0 Å². The van der Waals surface area contributed by atoms with Crippen LogP contribution in [0.2, 0.25) is 0 Å². The van der Waals surface area contributed by atoms with E-state index in [0.717, 1.165) is 16.9 Å². The smallest absolute Gasteiger partial charge is 0.244 e. The number of ether oxygens (including phenoxy) is 1. The third-order valence-electron chi connectivity index (χ3n) is 4.76. The average Bonchev–Trinajstić information content (AvgIpc) is 3.42. The van der Waals surface area contributed by atoms with Crippen LogP contribution >= 0.6 is 0 Å². The lowest BCUT2D eigenvalue weighted by Crippen LogP contribution is -2.31. The summed E-state index contributed by atoms with van der Waals surface area (Å²) in [6.45, 7) is 0.249. The van der Waals surface area contributed by atoms with Gasteiger partial charge in [0.05, 0.1) is 17.9 Å². The molecule has 0 radical (unpaired) electrons. The summed E-state index contributed by atoms with van der Waals surface area (Å²) < 4.78 is 7.42. The number of hydrogen-bond acceptors (Lipinski definition) is 5. The van der Waals surface area contributed by atoms with Crippen LogP contribution in [0.5, 0.6) is 5.75 Å². The van der Waals surface area contributed by atoms with Crippen LogP contribution in [0.1, 0.15) is 11.3 Å². The molecule has 0 atom stereocenters. The molecule has 0 spiro atoms. The zero-order chi connectivity index (χ0) is 23.6. The Kier molecular flexibility index (Phi) is 7.43. The number of amides is 2. The number of carbonyl (C=O) groups excluding carboxylic acids is 2. The van der Waals surface area contributed by atoms with Gasteiger partial charge >= 0.3 is 0 Å². The molecule has 2 amide bonds. The summed E-state index contributed by atoms with van der Waals surface area (Å²) in [6.07, 6.45) is 8.31. The van der Waals surface area contributed by atoms with E-state index in [0.29, 0.717) is 18.0 Å². The highest BCUT2D eigenvalue weighted by Gasteiger charge is 2.05. The highest BCUT2D eigenvalue weighted by Crippen LogP contribution is 2.15. The minimum Gasteiger partial charge on any atom is -0.487 e. The molecule has 4 aromatic rings. The van der Waals surface area contributed by atoms with Crippen molar-refractivity contribution >= 4 is 23.6 Å². The lowest BCUT2D eigenvalue weighted by Gasteiger charge is -2.07. The van der Waals surface area contributed by atoms with Crippen molar-refractivity contribution in [1.82, 2.24) is 20.1 Å². The molecule has 34 heavy (non-hydrogen) atoms. The molecule has 170 valence electrons. The fraction of sp³-hybridized carbons (Fsp3) is 0.0769. The Morgan fingerprint density at radius 1 is 0.941 bits per heavy atom. The lowest BCUT2D eigenvalue weighted by molar-refractivity contribution is -0.121. The van der Waals surface area contributed by atoms with Gasteiger partial charge in [0.1, 0.15) is 12.4 Å². The van der Waals surface area contributed by atoms with Crippen LogP contribution in [0, 0.1) is 0 Å². The fourth-order valence-corrected chi connectivity index (χ4v) is 3.04. The van der Waals surface area contributed by atoms with Gasteiger partial charge in [-0.2, -0.15) is 5.10 Å². The van der Waals surface area contributed by atoms with Gasteiger partial charge in [0.2, 0.25) is 11.8 Å². The van der Waals surface area contributed by atoms with Gasteiger partial charge in [-0.3, -0.25) is 14.6 Å². The van der Waals surface area contributed by atoms with Gasteiger partial charge < -0.3 is 15.4 Å². The second kappa shape index (κ2) is 11.2. The molecule has 8 heteroatoms. The Bertz CT molecular complexity index is 1240. The van der Waals surface area contributed by atoms with Gasteiger partial charge in [-0.05, 0) is 66.2 Å². The maximum absolute atomic E-state index is 12.1. The molecule has 0 unspecified atom stereocenters. The molecule has 0 aliphatic rings. The number of hydrogen-bond donors (Lipinski definition) is 2. The molecule has 0 saturated heterocycles. The number of pyridine rings is 1. The van der Waals surface area contributed by atoms with E-state index < -0.39 is 0 Å². The quantitative estimate of drug-likeness (QED) is 0.377. The van der Waals surface area contributed by atoms with Crippen LogP contribution in [0.15, 0.2) is 97.5 Å². The van der Waals surface area contributed by atoms with E-state index in [1.807, 2.05) is 66.9 Å². The monoisotopic (exact) mass is 453 g/mol. The van der Waals surface area contributed by atoms with Gasteiger partial charge in [-0.15, -0.1) is 0 Å². The predicted octanol–water partition coefficient (Wildman–Crippen LogP) is 3.61. The standard InChI is InChI=1S/C26H23N5O3/c32-25(14-7-20-5-12-24(13-6-20)34-19-22-4-1-2-15-27-22)28-18-26(33)30-21-8-10-23(11-9-21)31-17-3-16-29-31/h1-17H,18-19H2,(H,28,32)(H,30,33)/b14-7+. The summed E-state index contributed by atoms with van der Waals surface area (Å²) in [5.74, 6) is 0.0317. The first-order valence-electron chi connectivity index (χ1n) is 10.6. The fourth-order valence-electron chi connectivity index (χ4n) is 3.04. The predicted molar refractivity (Wildman–Crippen MR) is 129 cm³/mol. The number of carbonyl (C=O) groups is 2. The van der Waals surface area contributed by atoms with Crippen molar-refractivity contribution in [2.75, 3.05) is 11.9 Å². The number of anilines is 1. The van der Waals surface area contributed by atoms with E-state index >= 15 is 0 Å². The van der Waals surface area contributed by atoms with Gasteiger partial charge in [0.15, 0.2) is 0 Å². The molecule has 4 rings (SSSR count). The summed E-state index contributed by atoms with van der Waals surface area (Å²) in [4.78, 5) is 28.4. The zero-order valence-corrected chi connectivity index (χ0v) is 18.3. The van der Waals surface area contributed by atoms with E-state index in [1.165, 1.54) is 6.08 Å². The van der Waals surface area contributed by atoms with Crippen LogP contribution in [-0.4, -0.2) is 33.1 Å². The summed E-state index contributed by atoms with van der Waals surface area (Å²) in [5, 5.41) is 9.48. The largest absolute Gasteiger partial charge is 0.487 e. The third-order valence-corrected chi connectivity index (χ3v) is 4.76. The Morgan fingerprint density at radius 3 is 2.47 bits per heavy atom. The average molecular weight is 454 g/mol. The van der Waals surface area contributed by atoms with Crippen molar-refractivity contribution < 1.29 is 14.3 Å². The van der Waals surface area contributed by atoms with Crippen molar-refractivity contribution in [3.05, 3.63) is 109 Å². The number of rotatable bonds is 9. The van der Waals surface area contributed by atoms with Crippen LogP contribution in [0.3, 0.4) is 0 Å². The molecule has 2 heterocycles. The first kappa shape index (κ1) is 22.5. The normalized spacial score (nSPS) is 10.7. The van der Waals surface area contributed by atoms with Crippen molar-refractivity contribution in [3.63, 3.8) is 0 Å². The lowest BCUT2D eigenvalue weighted by atomic mass is 10.2. The van der Waals surface area contributed by atoms with Crippen LogP contribution < -0.4 is 15.4 Å². The van der Waals surface area contributed by atoms with Gasteiger partial charge in [0.25, 0.3) is 0 Å². The van der Waals surface area contributed by atoms with Gasteiger partial charge in [-0.1, -0.05) is 18.2 Å². The Labute approximate surface area is 196 Å². The van der Waals surface area contributed by atoms with Gasteiger partial charge in [-0.25, -0.2) is 4.68 Å². The second-order valence-electron chi connectivity index (χ2n) is 7.28. The maximum atomic E-state index is 12.1. The summed E-state index contributed by atoms with van der Waals surface area (Å²) in [7, 11) is 0. The molecule has 2 aromatic heterocycles. The van der Waals surface area contributed by atoms with Crippen molar-refractivity contribution in [3.8, 4) is 11.4 Å². The Hall–Kier alpha value is -4.72. The molecule has 0 bridgehead atoms. The summed E-state index contributed by atoms with van der Waals surface area (Å²) in [6, 6.07) is 22.1. The van der Waals surface area contributed by atoms with Crippen LogP contribution in [0.4, 0.5) is 5.69 Å². The number of aromatic nitrogens is 3. The van der Waals surface area contributed by atoms with E-state index in [9.17, 15) is 9.59 Å². The summed E-state index contributed by atoms with van der Waals surface area (Å²) >= 11 is 0. The molecule has 2 aromatic carbocycles.